The molecule has 2 fully saturated rings. The highest BCUT2D eigenvalue weighted by molar-refractivity contribution is 6.18. The van der Waals surface area contributed by atoms with Crippen LogP contribution < -0.4 is 9.80 Å². The van der Waals surface area contributed by atoms with E-state index in [4.69, 9.17) is 21.1 Å². The lowest BCUT2D eigenvalue weighted by molar-refractivity contribution is 0.122. The predicted octanol–water partition coefficient (Wildman–Crippen LogP) is 2.23. The van der Waals surface area contributed by atoms with Crippen LogP contribution in [0.25, 0.3) is 0 Å². The van der Waals surface area contributed by atoms with Crippen molar-refractivity contribution in [1.29, 1.82) is 0 Å². The van der Waals surface area contributed by atoms with Crippen LogP contribution in [0.2, 0.25) is 0 Å². The monoisotopic (exact) mass is 314 g/mol. The summed E-state index contributed by atoms with van der Waals surface area (Å²) >= 11 is 5.69. The van der Waals surface area contributed by atoms with E-state index in [1.807, 2.05) is 4.90 Å². The number of carbonyl (C=O) groups is 1. The van der Waals surface area contributed by atoms with Crippen molar-refractivity contribution in [1.82, 2.24) is 0 Å². The Morgan fingerprint density at radius 3 is 2.71 bits per heavy atom. The summed E-state index contributed by atoms with van der Waals surface area (Å²) < 4.78 is 24.6. The first-order chi connectivity index (χ1) is 10.2. The number of cyclic esters (lactones) is 1. The van der Waals surface area contributed by atoms with Crippen molar-refractivity contribution >= 4 is 29.1 Å². The summed E-state index contributed by atoms with van der Waals surface area (Å²) in [5.74, 6) is -0.118. The number of nitrogens with zero attached hydrogens (tertiary/aromatic N) is 2. The maximum atomic E-state index is 14.3. The fourth-order valence-electron chi connectivity index (χ4n) is 2.54. The zero-order chi connectivity index (χ0) is 14.8. The molecule has 1 aromatic rings. The third-order valence-corrected chi connectivity index (χ3v) is 3.99. The minimum absolute atomic E-state index is 0.233. The molecule has 1 amide bonds. The molecule has 2 aliphatic heterocycles. The third kappa shape index (κ3) is 2.91. The average Bonchev–Trinajstić information content (AvgIpc) is 2.89. The van der Waals surface area contributed by atoms with Gasteiger partial charge in [0.15, 0.2) is 0 Å². The smallest absolute Gasteiger partial charge is 0.414 e. The molecule has 0 spiro atoms. The van der Waals surface area contributed by atoms with E-state index in [-0.39, 0.29) is 17.8 Å². The van der Waals surface area contributed by atoms with Crippen molar-refractivity contribution in [2.45, 2.75) is 6.10 Å². The van der Waals surface area contributed by atoms with Gasteiger partial charge in [-0.2, -0.15) is 0 Å². The van der Waals surface area contributed by atoms with E-state index >= 15 is 0 Å². The summed E-state index contributed by atoms with van der Waals surface area (Å²) in [6, 6.07) is 4.78. The Balaban J connectivity index is 1.79. The van der Waals surface area contributed by atoms with Crippen LogP contribution >= 0.6 is 11.6 Å². The SMILES string of the molecule is O=C1OC(CCl)CN1c1ccc(N2CCOCC2)c(F)c1. The molecule has 3 rings (SSSR count). The highest BCUT2D eigenvalue weighted by atomic mass is 35.5. The summed E-state index contributed by atoms with van der Waals surface area (Å²) in [6.45, 7) is 2.86. The molecule has 7 heteroatoms. The van der Waals surface area contributed by atoms with Crippen LogP contribution in [-0.2, 0) is 9.47 Å². The van der Waals surface area contributed by atoms with Gasteiger partial charge in [0.25, 0.3) is 0 Å². The molecule has 0 radical (unpaired) electrons. The first-order valence-electron chi connectivity index (χ1n) is 6.85. The van der Waals surface area contributed by atoms with Gasteiger partial charge in [-0.25, -0.2) is 9.18 Å². The second kappa shape index (κ2) is 6.07. The number of rotatable bonds is 3. The second-order valence-corrected chi connectivity index (χ2v) is 5.31. The van der Waals surface area contributed by atoms with Gasteiger partial charge in [0.2, 0.25) is 0 Å². The molecule has 2 heterocycles. The topological polar surface area (TPSA) is 42.0 Å². The van der Waals surface area contributed by atoms with Crippen LogP contribution in [0.5, 0.6) is 0 Å². The highest BCUT2D eigenvalue weighted by Crippen LogP contribution is 2.28. The molecular formula is C14H16ClFN2O3. The largest absolute Gasteiger partial charge is 0.443 e. The number of carbonyl (C=O) groups excluding carboxylic acids is 1. The predicted molar refractivity (Wildman–Crippen MR) is 77.8 cm³/mol. The zero-order valence-electron chi connectivity index (χ0n) is 11.4. The zero-order valence-corrected chi connectivity index (χ0v) is 12.2. The fourth-order valence-corrected chi connectivity index (χ4v) is 2.70. The van der Waals surface area contributed by atoms with Crippen molar-refractivity contribution < 1.29 is 18.7 Å². The van der Waals surface area contributed by atoms with Crippen LogP contribution in [-0.4, -0.2) is 50.9 Å². The van der Waals surface area contributed by atoms with Gasteiger partial charge in [0.05, 0.1) is 37.0 Å². The Labute approximate surface area is 127 Å². The summed E-state index contributed by atoms with van der Waals surface area (Å²) in [4.78, 5) is 15.1. The molecule has 0 aromatic heterocycles. The first kappa shape index (κ1) is 14.4. The molecule has 21 heavy (non-hydrogen) atoms. The van der Waals surface area contributed by atoms with Gasteiger partial charge in [-0.05, 0) is 18.2 Å². The number of amides is 1. The Morgan fingerprint density at radius 1 is 1.33 bits per heavy atom. The van der Waals surface area contributed by atoms with E-state index in [0.717, 1.165) is 0 Å². The number of benzene rings is 1. The molecule has 1 unspecified atom stereocenters. The molecule has 1 atom stereocenters. The normalized spacial score (nSPS) is 22.6. The Morgan fingerprint density at radius 2 is 2.10 bits per heavy atom. The van der Waals surface area contributed by atoms with Crippen LogP contribution in [0.4, 0.5) is 20.6 Å². The number of morpholine rings is 1. The summed E-state index contributed by atoms with van der Waals surface area (Å²) in [6.07, 6.45) is -0.833. The number of hydrogen-bond acceptors (Lipinski definition) is 4. The standard InChI is InChI=1S/C14H16ClFN2O3/c15-8-11-9-18(14(19)21-11)10-1-2-13(12(16)7-10)17-3-5-20-6-4-17/h1-2,7,11H,3-6,8-9H2. The van der Waals surface area contributed by atoms with Gasteiger partial charge in [-0.15, -0.1) is 11.6 Å². The minimum Gasteiger partial charge on any atom is -0.443 e. The minimum atomic E-state index is -0.487. The maximum Gasteiger partial charge on any atom is 0.414 e. The van der Waals surface area contributed by atoms with E-state index in [9.17, 15) is 9.18 Å². The van der Waals surface area contributed by atoms with Crippen molar-refractivity contribution in [3.8, 4) is 0 Å². The molecule has 0 aliphatic carbocycles. The van der Waals surface area contributed by atoms with Gasteiger partial charge < -0.3 is 14.4 Å². The summed E-state index contributed by atoms with van der Waals surface area (Å²) in [5, 5.41) is 0. The van der Waals surface area contributed by atoms with Gasteiger partial charge in [-0.3, -0.25) is 4.90 Å². The van der Waals surface area contributed by atoms with Crippen molar-refractivity contribution in [3.05, 3.63) is 24.0 Å². The quantitative estimate of drug-likeness (QED) is 0.802. The van der Waals surface area contributed by atoms with Gasteiger partial charge in [0.1, 0.15) is 11.9 Å². The summed E-state index contributed by atoms with van der Waals surface area (Å²) in [7, 11) is 0. The van der Waals surface area contributed by atoms with Crippen LogP contribution in [0, 0.1) is 5.82 Å². The average molecular weight is 315 g/mol. The molecule has 5 nitrogen and oxygen atoms in total. The second-order valence-electron chi connectivity index (χ2n) is 5.01. The van der Waals surface area contributed by atoms with Gasteiger partial charge >= 0.3 is 6.09 Å². The lowest BCUT2D eigenvalue weighted by Gasteiger charge is -2.29. The van der Waals surface area contributed by atoms with Crippen molar-refractivity contribution in [2.75, 3.05) is 48.5 Å². The van der Waals surface area contributed by atoms with Crippen LogP contribution in [0.15, 0.2) is 18.2 Å². The molecule has 0 bridgehead atoms. The molecule has 0 saturated carbocycles. The van der Waals surface area contributed by atoms with Crippen molar-refractivity contribution in [2.24, 2.45) is 0 Å². The van der Waals surface area contributed by atoms with E-state index < -0.39 is 6.09 Å². The molecule has 0 N–H and O–H groups in total. The van der Waals surface area contributed by atoms with Crippen molar-refractivity contribution in [3.63, 3.8) is 0 Å². The fraction of sp³-hybridized carbons (Fsp3) is 0.500. The first-order valence-corrected chi connectivity index (χ1v) is 7.39. The number of anilines is 2. The number of hydrogen-bond donors (Lipinski definition) is 0. The molecule has 2 saturated heterocycles. The van der Waals surface area contributed by atoms with Gasteiger partial charge in [-0.1, -0.05) is 0 Å². The highest BCUT2D eigenvalue weighted by Gasteiger charge is 2.32. The number of halogens is 2. The lowest BCUT2D eigenvalue weighted by atomic mass is 10.2. The maximum absolute atomic E-state index is 14.3. The van der Waals surface area contributed by atoms with Crippen LogP contribution in [0.3, 0.4) is 0 Å². The molecule has 2 aliphatic rings. The molecule has 114 valence electrons. The number of ether oxygens (including phenoxy) is 2. The van der Waals surface area contributed by atoms with Gasteiger partial charge in [0, 0.05) is 13.1 Å². The summed E-state index contributed by atoms with van der Waals surface area (Å²) in [5.41, 5.74) is 1.02. The Kier molecular flexibility index (Phi) is 4.17. The third-order valence-electron chi connectivity index (χ3n) is 3.64. The van der Waals surface area contributed by atoms with E-state index in [0.29, 0.717) is 44.2 Å². The Bertz CT molecular complexity index is 537. The van der Waals surface area contributed by atoms with E-state index in [1.165, 1.54) is 11.0 Å². The molecular weight excluding hydrogens is 299 g/mol. The van der Waals surface area contributed by atoms with E-state index in [2.05, 4.69) is 0 Å². The van der Waals surface area contributed by atoms with E-state index in [1.54, 1.807) is 12.1 Å². The number of alkyl halides is 1. The van der Waals surface area contributed by atoms with Crippen LogP contribution in [0.1, 0.15) is 0 Å². The lowest BCUT2D eigenvalue weighted by Crippen LogP contribution is -2.36. The Hall–Kier alpha value is -1.53. The molecule has 1 aromatic carbocycles.